The highest BCUT2D eigenvalue weighted by Crippen LogP contribution is 2.26. The average Bonchev–Trinajstić information content (AvgIpc) is 3.06. The van der Waals surface area contributed by atoms with Crippen molar-refractivity contribution in [2.24, 2.45) is 0 Å². The number of benzene rings is 2. The fourth-order valence-corrected chi connectivity index (χ4v) is 3.72. The normalized spacial score (nSPS) is 18.0. The van der Waals surface area contributed by atoms with Crippen LogP contribution >= 0.6 is 0 Å². The van der Waals surface area contributed by atoms with Gasteiger partial charge in [0.1, 0.15) is 5.82 Å². The van der Waals surface area contributed by atoms with Crippen LogP contribution in [0.4, 0.5) is 4.39 Å². The molecule has 140 valence electrons. The van der Waals surface area contributed by atoms with E-state index < -0.39 is 0 Å². The Kier molecular flexibility index (Phi) is 5.05. The molecule has 1 fully saturated rings. The van der Waals surface area contributed by atoms with Crippen molar-refractivity contribution in [3.05, 3.63) is 71.7 Å². The number of aliphatic hydroxyl groups excluding tert-OH is 1. The van der Waals surface area contributed by atoms with Crippen molar-refractivity contribution in [2.45, 2.75) is 32.4 Å². The summed E-state index contributed by atoms with van der Waals surface area (Å²) < 4.78 is 15.7. The molecule has 4 rings (SSSR count). The number of aliphatic hydroxyl groups is 1. The molecule has 0 amide bonds. The van der Waals surface area contributed by atoms with Crippen LogP contribution in [0.1, 0.15) is 24.0 Å². The number of rotatable bonds is 4. The van der Waals surface area contributed by atoms with Crippen LogP contribution in [-0.2, 0) is 6.54 Å². The average molecular weight is 365 g/mol. The van der Waals surface area contributed by atoms with Gasteiger partial charge in [-0.05, 0) is 56.1 Å². The van der Waals surface area contributed by atoms with Gasteiger partial charge in [-0.25, -0.2) is 9.07 Å². The van der Waals surface area contributed by atoms with Crippen LogP contribution in [0.2, 0.25) is 0 Å². The minimum atomic E-state index is -0.275. The van der Waals surface area contributed by atoms with Gasteiger partial charge in [-0.2, -0.15) is 5.10 Å². The van der Waals surface area contributed by atoms with Crippen LogP contribution in [-0.4, -0.2) is 39.0 Å². The lowest BCUT2D eigenvalue weighted by atomic mass is 10.1. The Morgan fingerprint density at radius 2 is 2.04 bits per heavy atom. The van der Waals surface area contributed by atoms with Crippen LogP contribution in [0.5, 0.6) is 0 Å². The van der Waals surface area contributed by atoms with E-state index in [2.05, 4.69) is 24.0 Å². The number of β-amino-alcohol motifs (C(OH)–C–C–N with tert-alkyl or cyclic N) is 1. The van der Waals surface area contributed by atoms with Crippen LogP contribution in [0.15, 0.2) is 54.7 Å². The SMILES string of the molecule is Cc1cccc(-n2cc(CN3CCC[C@@H](O)C3)c(-c3cccc(F)c3)n2)c1. The number of halogens is 1. The van der Waals surface area contributed by atoms with E-state index in [4.69, 9.17) is 5.10 Å². The van der Waals surface area contributed by atoms with E-state index in [9.17, 15) is 9.50 Å². The van der Waals surface area contributed by atoms with Gasteiger partial charge in [0.15, 0.2) is 0 Å². The van der Waals surface area contributed by atoms with Gasteiger partial charge in [-0.1, -0.05) is 24.3 Å². The molecule has 27 heavy (non-hydrogen) atoms. The minimum Gasteiger partial charge on any atom is -0.392 e. The number of hydrogen-bond acceptors (Lipinski definition) is 3. The van der Waals surface area contributed by atoms with Crippen LogP contribution < -0.4 is 0 Å². The van der Waals surface area contributed by atoms with Gasteiger partial charge in [0.25, 0.3) is 0 Å². The van der Waals surface area contributed by atoms with Gasteiger partial charge in [0, 0.05) is 30.4 Å². The Balaban J connectivity index is 1.73. The molecular formula is C22H24FN3O. The largest absolute Gasteiger partial charge is 0.392 e. The molecule has 2 heterocycles. The maximum Gasteiger partial charge on any atom is 0.123 e. The highest BCUT2D eigenvalue weighted by molar-refractivity contribution is 5.63. The fraction of sp³-hybridized carbons (Fsp3) is 0.318. The third-order valence-electron chi connectivity index (χ3n) is 5.03. The second-order valence-corrected chi connectivity index (χ2v) is 7.33. The molecule has 3 aromatic rings. The molecule has 2 aromatic carbocycles. The molecule has 1 saturated heterocycles. The zero-order valence-corrected chi connectivity index (χ0v) is 15.5. The number of likely N-dealkylation sites (tertiary alicyclic amines) is 1. The topological polar surface area (TPSA) is 41.3 Å². The maximum atomic E-state index is 13.8. The van der Waals surface area contributed by atoms with Crippen molar-refractivity contribution in [2.75, 3.05) is 13.1 Å². The lowest BCUT2D eigenvalue weighted by Gasteiger charge is -2.29. The van der Waals surface area contributed by atoms with Crippen LogP contribution in [0, 0.1) is 12.7 Å². The Morgan fingerprint density at radius 1 is 1.19 bits per heavy atom. The summed E-state index contributed by atoms with van der Waals surface area (Å²) in [6.45, 7) is 4.36. The number of aromatic nitrogens is 2. The highest BCUT2D eigenvalue weighted by Gasteiger charge is 2.21. The first kappa shape index (κ1) is 17.9. The summed E-state index contributed by atoms with van der Waals surface area (Å²) in [5.41, 5.74) is 4.75. The summed E-state index contributed by atoms with van der Waals surface area (Å²) in [6.07, 6.45) is 3.59. The van der Waals surface area contributed by atoms with Crippen molar-refractivity contribution in [1.82, 2.24) is 14.7 Å². The predicted octanol–water partition coefficient (Wildman–Crippen LogP) is 3.94. The summed E-state index contributed by atoms with van der Waals surface area (Å²) in [7, 11) is 0. The lowest BCUT2D eigenvalue weighted by Crippen LogP contribution is -2.37. The zero-order chi connectivity index (χ0) is 18.8. The molecule has 0 unspecified atom stereocenters. The van der Waals surface area contributed by atoms with E-state index in [0.717, 1.165) is 47.5 Å². The van der Waals surface area contributed by atoms with Crippen LogP contribution in [0.3, 0.4) is 0 Å². The second kappa shape index (κ2) is 7.62. The van der Waals surface area contributed by atoms with E-state index in [0.29, 0.717) is 13.1 Å². The summed E-state index contributed by atoms with van der Waals surface area (Å²) in [4.78, 5) is 2.24. The monoisotopic (exact) mass is 365 g/mol. The third kappa shape index (κ3) is 4.10. The number of piperidine rings is 1. The van der Waals surface area contributed by atoms with Gasteiger partial charge >= 0.3 is 0 Å². The third-order valence-corrected chi connectivity index (χ3v) is 5.03. The highest BCUT2D eigenvalue weighted by atomic mass is 19.1. The minimum absolute atomic E-state index is 0.267. The van der Waals surface area contributed by atoms with E-state index in [-0.39, 0.29) is 11.9 Å². The molecule has 0 bridgehead atoms. The van der Waals surface area contributed by atoms with Gasteiger partial charge in [0.2, 0.25) is 0 Å². The molecule has 0 radical (unpaired) electrons. The van der Waals surface area contributed by atoms with Crippen molar-refractivity contribution in [3.63, 3.8) is 0 Å². The van der Waals surface area contributed by atoms with E-state index in [1.54, 1.807) is 6.07 Å². The first-order valence-electron chi connectivity index (χ1n) is 9.40. The molecule has 5 heteroatoms. The summed E-state index contributed by atoms with van der Waals surface area (Å²) in [5.74, 6) is -0.267. The molecule has 4 nitrogen and oxygen atoms in total. The molecule has 0 spiro atoms. The summed E-state index contributed by atoms with van der Waals surface area (Å²) >= 11 is 0. The first-order valence-corrected chi connectivity index (χ1v) is 9.40. The second-order valence-electron chi connectivity index (χ2n) is 7.33. The summed E-state index contributed by atoms with van der Waals surface area (Å²) in [5, 5.41) is 14.8. The zero-order valence-electron chi connectivity index (χ0n) is 15.5. The van der Waals surface area contributed by atoms with Crippen molar-refractivity contribution in [3.8, 4) is 16.9 Å². The van der Waals surface area contributed by atoms with Crippen molar-refractivity contribution < 1.29 is 9.50 Å². The van der Waals surface area contributed by atoms with E-state index >= 15 is 0 Å². The molecule has 1 aliphatic rings. The molecule has 1 atom stereocenters. The predicted molar refractivity (Wildman–Crippen MR) is 104 cm³/mol. The quantitative estimate of drug-likeness (QED) is 0.761. The van der Waals surface area contributed by atoms with Crippen LogP contribution in [0.25, 0.3) is 16.9 Å². The van der Waals surface area contributed by atoms with Crippen molar-refractivity contribution >= 4 is 0 Å². The molecule has 0 aliphatic carbocycles. The first-order chi connectivity index (χ1) is 13.1. The standard InChI is InChI=1S/C22H24FN3O/c1-16-5-2-8-20(11-16)26-14-18(13-25-10-4-9-21(27)15-25)22(24-26)17-6-3-7-19(23)12-17/h2-3,5-8,11-12,14,21,27H,4,9-10,13,15H2,1H3/t21-/m1/s1. The maximum absolute atomic E-state index is 13.8. The van der Waals surface area contributed by atoms with Crippen molar-refractivity contribution in [1.29, 1.82) is 0 Å². The fourth-order valence-electron chi connectivity index (χ4n) is 3.72. The lowest BCUT2D eigenvalue weighted by molar-refractivity contribution is 0.0669. The Hall–Kier alpha value is -2.50. The van der Waals surface area contributed by atoms with Gasteiger partial charge in [-0.3, -0.25) is 4.90 Å². The molecular weight excluding hydrogens is 341 g/mol. The molecule has 1 aliphatic heterocycles. The number of nitrogens with zero attached hydrogens (tertiary/aromatic N) is 3. The summed E-state index contributed by atoms with van der Waals surface area (Å²) in [6, 6.07) is 14.7. The smallest absolute Gasteiger partial charge is 0.123 e. The Labute approximate surface area is 158 Å². The molecule has 1 N–H and O–H groups in total. The van der Waals surface area contributed by atoms with E-state index in [1.807, 2.05) is 29.1 Å². The molecule has 0 saturated carbocycles. The number of aryl methyl sites for hydroxylation is 1. The van der Waals surface area contributed by atoms with Gasteiger partial charge in [-0.15, -0.1) is 0 Å². The van der Waals surface area contributed by atoms with Gasteiger partial charge < -0.3 is 5.11 Å². The van der Waals surface area contributed by atoms with E-state index in [1.165, 1.54) is 12.1 Å². The Morgan fingerprint density at radius 3 is 2.81 bits per heavy atom. The molecule has 1 aromatic heterocycles. The Bertz CT molecular complexity index is 937. The number of hydrogen-bond donors (Lipinski definition) is 1. The van der Waals surface area contributed by atoms with Gasteiger partial charge in [0.05, 0.1) is 17.5 Å².